The van der Waals surface area contributed by atoms with Gasteiger partial charge in [0.15, 0.2) is 18.1 Å². The first-order chi connectivity index (χ1) is 11.0. The molecule has 1 atom stereocenters. The molecule has 23 heavy (non-hydrogen) atoms. The van der Waals surface area contributed by atoms with Crippen LogP contribution < -0.4 is 14.8 Å². The van der Waals surface area contributed by atoms with E-state index < -0.39 is 0 Å². The molecule has 0 bridgehead atoms. The third-order valence-electron chi connectivity index (χ3n) is 3.70. The van der Waals surface area contributed by atoms with Crippen molar-refractivity contribution in [1.82, 2.24) is 5.32 Å². The van der Waals surface area contributed by atoms with Crippen LogP contribution in [0, 0.1) is 13.8 Å². The topological polar surface area (TPSA) is 47.6 Å². The molecule has 1 N–H and O–H groups in total. The normalized spacial score (nSPS) is 11.7. The monoisotopic (exact) mass is 313 g/mol. The van der Waals surface area contributed by atoms with E-state index in [1.165, 1.54) is 11.1 Å². The highest BCUT2D eigenvalue weighted by molar-refractivity contribution is 5.78. The maximum atomic E-state index is 12.1. The number of hydrogen-bond donors (Lipinski definition) is 1. The number of amides is 1. The SMILES string of the molecule is COc1ccccc1OCC(=O)NC(C)c1ccc(C)cc1C. The Balaban J connectivity index is 1.94. The molecule has 0 radical (unpaired) electrons. The van der Waals surface area contributed by atoms with Crippen LogP contribution in [0.1, 0.15) is 29.7 Å². The maximum absolute atomic E-state index is 12.1. The molecule has 0 aliphatic rings. The van der Waals surface area contributed by atoms with E-state index in [1.807, 2.05) is 19.1 Å². The van der Waals surface area contributed by atoms with E-state index in [-0.39, 0.29) is 18.6 Å². The number of aryl methyl sites for hydroxylation is 2. The van der Waals surface area contributed by atoms with Gasteiger partial charge in [0, 0.05) is 0 Å². The van der Waals surface area contributed by atoms with Gasteiger partial charge in [-0.3, -0.25) is 4.79 Å². The Hall–Kier alpha value is -2.49. The minimum atomic E-state index is -0.164. The van der Waals surface area contributed by atoms with E-state index in [2.05, 4.69) is 37.4 Å². The number of para-hydroxylation sites is 2. The van der Waals surface area contributed by atoms with Crippen molar-refractivity contribution in [1.29, 1.82) is 0 Å². The fourth-order valence-electron chi connectivity index (χ4n) is 2.55. The predicted molar refractivity (Wildman–Crippen MR) is 91.0 cm³/mol. The second kappa shape index (κ2) is 7.68. The quantitative estimate of drug-likeness (QED) is 0.887. The minimum absolute atomic E-state index is 0.0460. The van der Waals surface area contributed by atoms with Gasteiger partial charge in [0.25, 0.3) is 5.91 Å². The molecule has 0 spiro atoms. The second-order valence-electron chi connectivity index (χ2n) is 5.59. The average molecular weight is 313 g/mol. The number of nitrogens with one attached hydrogen (secondary N) is 1. The molecule has 4 nitrogen and oxygen atoms in total. The summed E-state index contributed by atoms with van der Waals surface area (Å²) in [7, 11) is 1.57. The van der Waals surface area contributed by atoms with Crippen molar-refractivity contribution < 1.29 is 14.3 Å². The summed E-state index contributed by atoms with van der Waals surface area (Å²) in [5, 5.41) is 2.96. The van der Waals surface area contributed by atoms with E-state index in [4.69, 9.17) is 9.47 Å². The molecule has 0 saturated heterocycles. The molecule has 0 aliphatic carbocycles. The van der Waals surface area contributed by atoms with Crippen LogP contribution in [0.15, 0.2) is 42.5 Å². The summed E-state index contributed by atoms with van der Waals surface area (Å²) in [5.41, 5.74) is 3.49. The molecule has 0 fully saturated rings. The second-order valence-corrected chi connectivity index (χ2v) is 5.59. The fourth-order valence-corrected chi connectivity index (χ4v) is 2.55. The van der Waals surface area contributed by atoms with Crippen LogP contribution in [0.3, 0.4) is 0 Å². The zero-order valence-corrected chi connectivity index (χ0v) is 14.1. The Morgan fingerprint density at radius 1 is 1.13 bits per heavy atom. The molecule has 4 heteroatoms. The average Bonchev–Trinajstić information content (AvgIpc) is 2.53. The summed E-state index contributed by atoms with van der Waals surface area (Å²) in [6, 6.07) is 13.4. The third kappa shape index (κ3) is 4.49. The number of rotatable bonds is 6. The summed E-state index contributed by atoms with van der Waals surface area (Å²) in [4.78, 5) is 12.1. The Kier molecular flexibility index (Phi) is 5.63. The Morgan fingerprint density at radius 2 is 1.83 bits per heavy atom. The largest absolute Gasteiger partial charge is 0.493 e. The molecule has 1 unspecified atom stereocenters. The lowest BCUT2D eigenvalue weighted by Crippen LogP contribution is -2.31. The molecule has 0 saturated carbocycles. The fraction of sp³-hybridized carbons (Fsp3) is 0.316. The van der Waals surface area contributed by atoms with Crippen LogP contribution in [-0.2, 0) is 4.79 Å². The first-order valence-electron chi connectivity index (χ1n) is 7.63. The van der Waals surface area contributed by atoms with Gasteiger partial charge in [0.05, 0.1) is 13.2 Å². The van der Waals surface area contributed by atoms with E-state index in [0.717, 1.165) is 5.56 Å². The summed E-state index contributed by atoms with van der Waals surface area (Å²) < 4.78 is 10.7. The van der Waals surface area contributed by atoms with Gasteiger partial charge >= 0.3 is 0 Å². The lowest BCUT2D eigenvalue weighted by Gasteiger charge is -2.17. The molecule has 0 aromatic heterocycles. The van der Waals surface area contributed by atoms with Gasteiger partial charge in [-0.05, 0) is 44.0 Å². The molecule has 0 heterocycles. The van der Waals surface area contributed by atoms with Gasteiger partial charge < -0.3 is 14.8 Å². The highest BCUT2D eigenvalue weighted by atomic mass is 16.5. The number of carbonyl (C=O) groups excluding carboxylic acids is 1. The lowest BCUT2D eigenvalue weighted by atomic mass is 10.0. The maximum Gasteiger partial charge on any atom is 0.258 e. The van der Waals surface area contributed by atoms with Gasteiger partial charge in [-0.25, -0.2) is 0 Å². The summed E-state index contributed by atoms with van der Waals surface area (Å²) >= 11 is 0. The Morgan fingerprint density at radius 3 is 2.48 bits per heavy atom. The minimum Gasteiger partial charge on any atom is -0.493 e. The highest BCUT2D eigenvalue weighted by Gasteiger charge is 2.13. The molecular weight excluding hydrogens is 290 g/mol. The van der Waals surface area contributed by atoms with Crippen LogP contribution in [0.5, 0.6) is 11.5 Å². The van der Waals surface area contributed by atoms with E-state index in [0.29, 0.717) is 11.5 Å². The Bertz CT molecular complexity index is 682. The number of carbonyl (C=O) groups is 1. The third-order valence-corrected chi connectivity index (χ3v) is 3.70. The van der Waals surface area contributed by atoms with Crippen LogP contribution in [-0.4, -0.2) is 19.6 Å². The van der Waals surface area contributed by atoms with E-state index in [1.54, 1.807) is 19.2 Å². The predicted octanol–water partition coefficient (Wildman–Crippen LogP) is 3.57. The van der Waals surface area contributed by atoms with E-state index in [9.17, 15) is 4.79 Å². The number of benzene rings is 2. The van der Waals surface area contributed by atoms with Gasteiger partial charge in [-0.15, -0.1) is 0 Å². The summed E-state index contributed by atoms with van der Waals surface area (Å²) in [6.45, 7) is 6.03. The molecule has 1 amide bonds. The number of methoxy groups -OCH3 is 1. The van der Waals surface area contributed by atoms with Gasteiger partial charge in [0.1, 0.15) is 0 Å². The molecule has 2 aromatic rings. The summed E-state index contributed by atoms with van der Waals surface area (Å²) in [6.07, 6.45) is 0. The van der Waals surface area contributed by atoms with Crippen molar-refractivity contribution in [2.24, 2.45) is 0 Å². The van der Waals surface area contributed by atoms with Gasteiger partial charge in [-0.2, -0.15) is 0 Å². The summed E-state index contributed by atoms with van der Waals surface area (Å²) in [5.74, 6) is 1.01. The first-order valence-corrected chi connectivity index (χ1v) is 7.63. The standard InChI is InChI=1S/C19H23NO3/c1-13-9-10-16(14(2)11-13)15(3)20-19(21)12-23-18-8-6-5-7-17(18)22-4/h5-11,15H,12H2,1-4H3,(H,20,21). The zero-order chi connectivity index (χ0) is 16.8. The lowest BCUT2D eigenvalue weighted by molar-refractivity contribution is -0.123. The van der Waals surface area contributed by atoms with Crippen molar-refractivity contribution in [3.8, 4) is 11.5 Å². The van der Waals surface area contributed by atoms with Crippen molar-refractivity contribution >= 4 is 5.91 Å². The van der Waals surface area contributed by atoms with Crippen LogP contribution in [0.4, 0.5) is 0 Å². The van der Waals surface area contributed by atoms with Crippen molar-refractivity contribution in [3.63, 3.8) is 0 Å². The van der Waals surface area contributed by atoms with Crippen molar-refractivity contribution in [2.45, 2.75) is 26.8 Å². The van der Waals surface area contributed by atoms with E-state index >= 15 is 0 Å². The molecule has 2 aromatic carbocycles. The van der Waals surface area contributed by atoms with Crippen molar-refractivity contribution in [3.05, 3.63) is 59.2 Å². The first kappa shape index (κ1) is 16.9. The van der Waals surface area contributed by atoms with Gasteiger partial charge in [0.2, 0.25) is 0 Å². The molecular formula is C19H23NO3. The molecule has 2 rings (SSSR count). The number of hydrogen-bond acceptors (Lipinski definition) is 3. The van der Waals surface area contributed by atoms with Crippen LogP contribution >= 0.6 is 0 Å². The smallest absolute Gasteiger partial charge is 0.258 e. The van der Waals surface area contributed by atoms with Gasteiger partial charge in [-0.1, -0.05) is 35.9 Å². The van der Waals surface area contributed by atoms with Crippen molar-refractivity contribution in [2.75, 3.05) is 13.7 Å². The van der Waals surface area contributed by atoms with Crippen LogP contribution in [0.2, 0.25) is 0 Å². The Labute approximate surface area is 137 Å². The zero-order valence-electron chi connectivity index (χ0n) is 14.1. The molecule has 122 valence electrons. The van der Waals surface area contributed by atoms with Crippen LogP contribution in [0.25, 0.3) is 0 Å². The number of ether oxygens (including phenoxy) is 2. The highest BCUT2D eigenvalue weighted by Crippen LogP contribution is 2.25. The molecule has 0 aliphatic heterocycles.